The van der Waals surface area contributed by atoms with Crippen molar-refractivity contribution in [1.82, 2.24) is 9.88 Å². The molecule has 0 spiro atoms. The van der Waals surface area contributed by atoms with Crippen LogP contribution in [0.25, 0.3) is 10.9 Å². The Morgan fingerprint density at radius 3 is 2.88 bits per heavy atom. The number of pyridine rings is 1. The molecule has 1 N–H and O–H groups in total. The van der Waals surface area contributed by atoms with Crippen LogP contribution in [0.2, 0.25) is 0 Å². The van der Waals surface area contributed by atoms with Crippen LogP contribution in [-0.4, -0.2) is 34.6 Å². The Bertz CT molecular complexity index is 949. The third kappa shape index (κ3) is 3.37. The summed E-state index contributed by atoms with van der Waals surface area (Å²) in [6, 6.07) is 13.2. The number of hydrogen-bond donors (Lipinski definition) is 1. The predicted octanol–water partition coefficient (Wildman–Crippen LogP) is 3.91. The number of para-hydroxylation sites is 1. The molecule has 4 nitrogen and oxygen atoms in total. The second-order valence-electron chi connectivity index (χ2n) is 6.05. The number of carbonyl (C=O) groups excluding carboxylic acids is 1. The number of thiophene rings is 1. The number of rotatable bonds is 2. The molecular weight excluding hydrogens is 352 g/mol. The zero-order chi connectivity index (χ0) is 17.2. The van der Waals surface area contributed by atoms with E-state index in [0.29, 0.717) is 22.9 Å². The van der Waals surface area contributed by atoms with Crippen molar-refractivity contribution in [3.05, 3.63) is 68.6 Å². The van der Waals surface area contributed by atoms with Gasteiger partial charge in [0, 0.05) is 45.9 Å². The monoisotopic (exact) mass is 370 g/mol. The van der Waals surface area contributed by atoms with Crippen molar-refractivity contribution >= 4 is 39.9 Å². The molecule has 1 aliphatic heterocycles. The van der Waals surface area contributed by atoms with Gasteiger partial charge in [-0.25, -0.2) is 0 Å². The lowest BCUT2D eigenvalue weighted by Gasteiger charge is -2.21. The van der Waals surface area contributed by atoms with Gasteiger partial charge in [-0.05, 0) is 23.9 Å². The van der Waals surface area contributed by atoms with Crippen molar-refractivity contribution in [2.75, 3.05) is 18.8 Å². The van der Waals surface area contributed by atoms with Crippen LogP contribution in [0.4, 0.5) is 0 Å². The SMILES string of the molecule is O=C(c1cc(=O)[nH]c2ccccc12)N1CCSC(c2cccs2)CC1. The highest BCUT2D eigenvalue weighted by atomic mass is 32.2. The standard InChI is InChI=1S/C19H18N2O2S2/c22-18-12-14(13-4-1-2-5-15(13)20-18)19(23)21-8-7-17(25-11-9-21)16-6-3-10-24-16/h1-6,10,12,17H,7-9,11H2,(H,20,22). The highest BCUT2D eigenvalue weighted by Crippen LogP contribution is 2.37. The third-order valence-electron chi connectivity index (χ3n) is 4.47. The maximum atomic E-state index is 13.1. The highest BCUT2D eigenvalue weighted by Gasteiger charge is 2.24. The highest BCUT2D eigenvalue weighted by molar-refractivity contribution is 7.99. The number of hydrogen-bond acceptors (Lipinski definition) is 4. The van der Waals surface area contributed by atoms with E-state index in [2.05, 4.69) is 22.5 Å². The minimum absolute atomic E-state index is 0.0465. The largest absolute Gasteiger partial charge is 0.338 e. The van der Waals surface area contributed by atoms with Gasteiger partial charge in [-0.1, -0.05) is 24.3 Å². The molecule has 0 radical (unpaired) electrons. The van der Waals surface area contributed by atoms with Gasteiger partial charge in [0.15, 0.2) is 0 Å². The first-order valence-electron chi connectivity index (χ1n) is 8.29. The summed E-state index contributed by atoms with van der Waals surface area (Å²) in [6.45, 7) is 1.43. The summed E-state index contributed by atoms with van der Waals surface area (Å²) in [4.78, 5) is 31.1. The van der Waals surface area contributed by atoms with Gasteiger partial charge < -0.3 is 9.88 Å². The van der Waals surface area contributed by atoms with E-state index in [-0.39, 0.29) is 11.5 Å². The summed E-state index contributed by atoms with van der Waals surface area (Å²) in [5.41, 5.74) is 0.973. The molecule has 6 heteroatoms. The van der Waals surface area contributed by atoms with Gasteiger partial charge in [0.05, 0.1) is 5.56 Å². The van der Waals surface area contributed by atoms with Crippen LogP contribution in [-0.2, 0) is 0 Å². The lowest BCUT2D eigenvalue weighted by atomic mass is 10.1. The van der Waals surface area contributed by atoms with E-state index in [0.717, 1.165) is 24.1 Å². The van der Waals surface area contributed by atoms with Gasteiger partial charge in [-0.15, -0.1) is 11.3 Å². The fourth-order valence-electron chi connectivity index (χ4n) is 3.23. The summed E-state index contributed by atoms with van der Waals surface area (Å²) in [5.74, 6) is 0.866. The Hall–Kier alpha value is -2.05. The third-order valence-corrected chi connectivity index (χ3v) is 6.92. The van der Waals surface area contributed by atoms with Crippen LogP contribution in [0.1, 0.15) is 26.9 Å². The van der Waals surface area contributed by atoms with E-state index >= 15 is 0 Å². The molecule has 4 rings (SSSR count). The smallest absolute Gasteiger partial charge is 0.254 e. The van der Waals surface area contributed by atoms with E-state index < -0.39 is 0 Å². The van der Waals surface area contributed by atoms with Crippen LogP contribution in [0, 0.1) is 0 Å². The molecule has 3 heterocycles. The van der Waals surface area contributed by atoms with Crippen LogP contribution in [0.3, 0.4) is 0 Å². The quantitative estimate of drug-likeness (QED) is 0.744. The van der Waals surface area contributed by atoms with Crippen molar-refractivity contribution in [3.63, 3.8) is 0 Å². The summed E-state index contributed by atoms with van der Waals surface area (Å²) < 4.78 is 0. The number of aromatic amines is 1. The van der Waals surface area contributed by atoms with Gasteiger partial charge in [0.25, 0.3) is 5.91 Å². The van der Waals surface area contributed by atoms with Crippen molar-refractivity contribution < 1.29 is 4.79 Å². The molecule has 0 saturated carbocycles. The van der Waals surface area contributed by atoms with E-state index in [4.69, 9.17) is 0 Å². The first-order valence-corrected chi connectivity index (χ1v) is 10.2. The number of nitrogens with one attached hydrogen (secondary N) is 1. The number of amides is 1. The van der Waals surface area contributed by atoms with Crippen LogP contribution < -0.4 is 5.56 Å². The lowest BCUT2D eigenvalue weighted by molar-refractivity contribution is 0.0768. The Kier molecular flexibility index (Phi) is 4.63. The van der Waals surface area contributed by atoms with E-state index in [1.807, 2.05) is 40.9 Å². The summed E-state index contributed by atoms with van der Waals surface area (Å²) in [5, 5.41) is 3.36. The second kappa shape index (κ2) is 7.06. The van der Waals surface area contributed by atoms with Crippen LogP contribution in [0.15, 0.2) is 52.6 Å². The normalized spacial score (nSPS) is 18.2. The van der Waals surface area contributed by atoms with Gasteiger partial charge in [-0.2, -0.15) is 11.8 Å². The van der Waals surface area contributed by atoms with Crippen molar-refractivity contribution in [3.8, 4) is 0 Å². The molecule has 0 bridgehead atoms. The maximum absolute atomic E-state index is 13.1. The number of fused-ring (bicyclic) bond motifs is 1. The van der Waals surface area contributed by atoms with Crippen molar-refractivity contribution in [2.45, 2.75) is 11.7 Å². The molecule has 1 aromatic carbocycles. The second-order valence-corrected chi connectivity index (χ2v) is 8.34. The number of aromatic nitrogens is 1. The van der Waals surface area contributed by atoms with E-state index in [9.17, 15) is 9.59 Å². The number of benzene rings is 1. The molecule has 1 amide bonds. The summed E-state index contributed by atoms with van der Waals surface area (Å²) >= 11 is 3.69. The Labute approximate surface area is 153 Å². The van der Waals surface area contributed by atoms with Gasteiger partial charge >= 0.3 is 0 Å². The topological polar surface area (TPSA) is 53.2 Å². The summed E-state index contributed by atoms with van der Waals surface area (Å²) in [6.07, 6.45) is 0.943. The molecule has 1 saturated heterocycles. The number of thioether (sulfide) groups is 1. The average molecular weight is 370 g/mol. The van der Waals surface area contributed by atoms with Gasteiger partial charge in [0.1, 0.15) is 0 Å². The Morgan fingerprint density at radius 2 is 2.04 bits per heavy atom. The maximum Gasteiger partial charge on any atom is 0.254 e. The van der Waals surface area contributed by atoms with E-state index in [1.54, 1.807) is 11.3 Å². The first kappa shape index (κ1) is 16.4. The van der Waals surface area contributed by atoms with Gasteiger partial charge in [0.2, 0.25) is 5.56 Å². The summed E-state index contributed by atoms with van der Waals surface area (Å²) in [7, 11) is 0. The Morgan fingerprint density at radius 1 is 1.16 bits per heavy atom. The van der Waals surface area contributed by atoms with Crippen molar-refractivity contribution in [1.29, 1.82) is 0 Å². The first-order chi connectivity index (χ1) is 12.2. The molecule has 3 aromatic rings. The lowest BCUT2D eigenvalue weighted by Crippen LogP contribution is -2.33. The molecule has 1 atom stereocenters. The fourth-order valence-corrected chi connectivity index (χ4v) is 5.46. The Balaban J connectivity index is 1.60. The van der Waals surface area contributed by atoms with Gasteiger partial charge in [-0.3, -0.25) is 9.59 Å². The minimum Gasteiger partial charge on any atom is -0.338 e. The number of carbonyl (C=O) groups is 1. The predicted molar refractivity (Wildman–Crippen MR) is 105 cm³/mol. The zero-order valence-electron chi connectivity index (χ0n) is 13.6. The van der Waals surface area contributed by atoms with Crippen LogP contribution in [0.5, 0.6) is 0 Å². The molecule has 1 aliphatic rings. The molecule has 25 heavy (non-hydrogen) atoms. The van der Waals surface area contributed by atoms with Crippen molar-refractivity contribution in [2.24, 2.45) is 0 Å². The molecule has 128 valence electrons. The molecule has 1 unspecified atom stereocenters. The zero-order valence-corrected chi connectivity index (χ0v) is 15.2. The average Bonchev–Trinajstić information content (AvgIpc) is 3.05. The number of nitrogens with zero attached hydrogens (tertiary/aromatic N) is 1. The van der Waals surface area contributed by atoms with E-state index in [1.165, 1.54) is 10.9 Å². The molecule has 0 aliphatic carbocycles. The molecule has 2 aromatic heterocycles. The fraction of sp³-hybridized carbons (Fsp3) is 0.263. The minimum atomic E-state index is -0.234. The molecule has 1 fully saturated rings. The number of H-pyrrole nitrogens is 1. The van der Waals surface area contributed by atoms with Crippen LogP contribution >= 0.6 is 23.1 Å². The molecular formula is C19H18N2O2S2.